The number of nitrogens with zero attached hydrogens (tertiary/aromatic N) is 3. The van der Waals surface area contributed by atoms with Crippen molar-refractivity contribution in [3.8, 4) is 0 Å². The SMILES string of the molecule is Cc1nn(C)c(C)c1/C=C/C(=O)OCC(=O)N1CCCC1=O. The quantitative estimate of drug-likeness (QED) is 0.605. The van der Waals surface area contributed by atoms with E-state index in [-0.39, 0.29) is 5.91 Å². The van der Waals surface area contributed by atoms with Crippen molar-refractivity contribution in [1.29, 1.82) is 0 Å². The van der Waals surface area contributed by atoms with E-state index in [4.69, 9.17) is 4.74 Å². The Labute approximate surface area is 128 Å². The second-order valence-electron chi connectivity index (χ2n) is 5.19. The highest BCUT2D eigenvalue weighted by Crippen LogP contribution is 2.14. The van der Waals surface area contributed by atoms with Gasteiger partial charge in [0.25, 0.3) is 5.91 Å². The van der Waals surface area contributed by atoms with Crippen LogP contribution < -0.4 is 0 Å². The van der Waals surface area contributed by atoms with E-state index in [1.165, 1.54) is 6.08 Å². The molecule has 0 aromatic carbocycles. The number of carbonyl (C=O) groups excluding carboxylic acids is 3. The van der Waals surface area contributed by atoms with Crippen LogP contribution in [0, 0.1) is 13.8 Å². The van der Waals surface area contributed by atoms with Crippen LogP contribution in [0.5, 0.6) is 0 Å². The van der Waals surface area contributed by atoms with E-state index < -0.39 is 18.5 Å². The maximum atomic E-state index is 11.7. The standard InChI is InChI=1S/C15H19N3O4/c1-10-12(11(2)17(3)16-10)6-7-15(21)22-9-14(20)18-8-4-5-13(18)19/h6-7H,4-5,8-9H2,1-3H3/b7-6+. The molecule has 1 saturated heterocycles. The third kappa shape index (κ3) is 3.41. The number of likely N-dealkylation sites (tertiary alicyclic amines) is 1. The molecule has 0 unspecified atom stereocenters. The van der Waals surface area contributed by atoms with E-state index in [0.29, 0.717) is 19.4 Å². The summed E-state index contributed by atoms with van der Waals surface area (Å²) in [6.07, 6.45) is 3.92. The lowest BCUT2D eigenvalue weighted by atomic mass is 10.2. The summed E-state index contributed by atoms with van der Waals surface area (Å²) in [4.78, 5) is 35.9. The molecule has 0 aliphatic carbocycles. The van der Waals surface area contributed by atoms with Crippen LogP contribution in [0.1, 0.15) is 29.8 Å². The number of rotatable bonds is 4. The predicted molar refractivity (Wildman–Crippen MR) is 78.6 cm³/mol. The van der Waals surface area contributed by atoms with Gasteiger partial charge in [0.1, 0.15) is 0 Å². The molecule has 0 N–H and O–H groups in total. The van der Waals surface area contributed by atoms with E-state index in [9.17, 15) is 14.4 Å². The Morgan fingerprint density at radius 3 is 2.64 bits per heavy atom. The van der Waals surface area contributed by atoms with Gasteiger partial charge in [-0.05, 0) is 26.3 Å². The minimum Gasteiger partial charge on any atom is -0.452 e. The third-order valence-corrected chi connectivity index (χ3v) is 3.66. The number of carbonyl (C=O) groups is 3. The van der Waals surface area contributed by atoms with Gasteiger partial charge in [-0.2, -0.15) is 5.10 Å². The highest BCUT2D eigenvalue weighted by Gasteiger charge is 2.26. The highest BCUT2D eigenvalue weighted by molar-refractivity contribution is 5.98. The van der Waals surface area contributed by atoms with Gasteiger partial charge in [-0.25, -0.2) is 4.79 Å². The summed E-state index contributed by atoms with van der Waals surface area (Å²) in [6.45, 7) is 3.73. The van der Waals surface area contributed by atoms with Crippen LogP contribution in [0.3, 0.4) is 0 Å². The van der Waals surface area contributed by atoms with Gasteiger partial charge < -0.3 is 4.74 Å². The number of esters is 1. The lowest BCUT2D eigenvalue weighted by Crippen LogP contribution is -2.35. The van der Waals surface area contributed by atoms with E-state index in [1.54, 1.807) is 10.8 Å². The predicted octanol–water partition coefficient (Wildman–Crippen LogP) is 0.742. The summed E-state index contributed by atoms with van der Waals surface area (Å²) in [6, 6.07) is 0. The second kappa shape index (κ2) is 6.55. The molecule has 2 amide bonds. The van der Waals surface area contributed by atoms with E-state index in [0.717, 1.165) is 21.9 Å². The maximum absolute atomic E-state index is 11.7. The van der Waals surface area contributed by atoms with Crippen LogP contribution in [0.25, 0.3) is 6.08 Å². The Kier molecular flexibility index (Phi) is 4.75. The zero-order valence-electron chi connectivity index (χ0n) is 13.0. The molecule has 1 aliphatic heterocycles. The number of aryl methyl sites for hydroxylation is 2. The van der Waals surface area contributed by atoms with Crippen molar-refractivity contribution >= 4 is 23.9 Å². The molecular formula is C15H19N3O4. The molecule has 0 spiro atoms. The van der Waals surface area contributed by atoms with Crippen molar-refractivity contribution in [2.75, 3.05) is 13.2 Å². The average molecular weight is 305 g/mol. The lowest BCUT2D eigenvalue weighted by Gasteiger charge is -2.12. The van der Waals surface area contributed by atoms with Gasteiger partial charge in [0.05, 0.1) is 5.69 Å². The fourth-order valence-electron chi connectivity index (χ4n) is 2.35. The molecular weight excluding hydrogens is 286 g/mol. The van der Waals surface area contributed by atoms with E-state index in [1.807, 2.05) is 20.9 Å². The minimum atomic E-state index is -0.623. The van der Waals surface area contributed by atoms with Crippen molar-refractivity contribution < 1.29 is 19.1 Å². The van der Waals surface area contributed by atoms with Gasteiger partial charge >= 0.3 is 5.97 Å². The lowest BCUT2D eigenvalue weighted by molar-refractivity contribution is -0.151. The molecule has 2 rings (SSSR count). The van der Waals surface area contributed by atoms with Crippen LogP contribution in [-0.4, -0.2) is 45.6 Å². The van der Waals surface area contributed by atoms with Gasteiger partial charge in [-0.15, -0.1) is 0 Å². The number of hydrogen-bond donors (Lipinski definition) is 0. The molecule has 0 atom stereocenters. The zero-order chi connectivity index (χ0) is 16.3. The molecule has 0 bridgehead atoms. The van der Waals surface area contributed by atoms with Crippen LogP contribution in [0.15, 0.2) is 6.08 Å². The average Bonchev–Trinajstić information content (AvgIpc) is 2.99. The Morgan fingerprint density at radius 2 is 2.09 bits per heavy atom. The van der Waals surface area contributed by atoms with Crippen molar-refractivity contribution in [2.45, 2.75) is 26.7 Å². The van der Waals surface area contributed by atoms with E-state index in [2.05, 4.69) is 5.10 Å². The smallest absolute Gasteiger partial charge is 0.331 e. The van der Waals surface area contributed by atoms with Crippen molar-refractivity contribution in [3.05, 3.63) is 23.0 Å². The first kappa shape index (κ1) is 15.9. The second-order valence-corrected chi connectivity index (χ2v) is 5.19. The Bertz CT molecular complexity index is 645. The molecule has 0 radical (unpaired) electrons. The molecule has 2 heterocycles. The number of imide groups is 1. The van der Waals surface area contributed by atoms with Gasteiger partial charge in [-0.1, -0.05) is 0 Å². The first-order valence-corrected chi connectivity index (χ1v) is 7.08. The summed E-state index contributed by atoms with van der Waals surface area (Å²) in [7, 11) is 1.82. The van der Waals surface area contributed by atoms with Crippen LogP contribution >= 0.6 is 0 Å². The highest BCUT2D eigenvalue weighted by atomic mass is 16.5. The maximum Gasteiger partial charge on any atom is 0.331 e. The minimum absolute atomic E-state index is 0.210. The summed E-state index contributed by atoms with van der Waals surface area (Å²) in [5.41, 5.74) is 2.59. The molecule has 1 aromatic heterocycles. The van der Waals surface area contributed by atoms with Crippen molar-refractivity contribution in [1.82, 2.24) is 14.7 Å². The van der Waals surface area contributed by atoms with Crippen LogP contribution in [0.2, 0.25) is 0 Å². The fourth-order valence-corrected chi connectivity index (χ4v) is 2.35. The summed E-state index contributed by atoms with van der Waals surface area (Å²) in [5, 5.41) is 4.24. The van der Waals surface area contributed by atoms with Crippen LogP contribution in [-0.2, 0) is 26.2 Å². The van der Waals surface area contributed by atoms with Gasteiger partial charge in [-0.3, -0.25) is 19.2 Å². The fraction of sp³-hybridized carbons (Fsp3) is 0.467. The van der Waals surface area contributed by atoms with Gasteiger partial charge in [0.15, 0.2) is 6.61 Å². The Morgan fingerprint density at radius 1 is 1.36 bits per heavy atom. The van der Waals surface area contributed by atoms with Crippen molar-refractivity contribution in [3.63, 3.8) is 0 Å². The summed E-state index contributed by atoms with van der Waals surface area (Å²) >= 11 is 0. The molecule has 1 aromatic rings. The Balaban J connectivity index is 1.89. The number of aromatic nitrogens is 2. The normalized spacial score (nSPS) is 14.9. The largest absolute Gasteiger partial charge is 0.452 e. The topological polar surface area (TPSA) is 81.5 Å². The van der Waals surface area contributed by atoms with Gasteiger partial charge in [0.2, 0.25) is 5.91 Å². The molecule has 0 saturated carbocycles. The molecule has 1 aliphatic rings. The molecule has 7 heteroatoms. The first-order valence-electron chi connectivity index (χ1n) is 7.08. The third-order valence-electron chi connectivity index (χ3n) is 3.66. The molecule has 1 fully saturated rings. The summed E-state index contributed by atoms with van der Waals surface area (Å²) < 4.78 is 6.60. The van der Waals surface area contributed by atoms with E-state index >= 15 is 0 Å². The molecule has 22 heavy (non-hydrogen) atoms. The zero-order valence-corrected chi connectivity index (χ0v) is 13.0. The first-order chi connectivity index (χ1) is 10.4. The van der Waals surface area contributed by atoms with Gasteiger partial charge in [0, 0.05) is 37.3 Å². The number of hydrogen-bond acceptors (Lipinski definition) is 5. The molecule has 7 nitrogen and oxygen atoms in total. The Hall–Kier alpha value is -2.44. The molecule has 118 valence electrons. The van der Waals surface area contributed by atoms with Crippen LogP contribution in [0.4, 0.5) is 0 Å². The monoisotopic (exact) mass is 305 g/mol. The van der Waals surface area contributed by atoms with Crippen molar-refractivity contribution in [2.24, 2.45) is 7.05 Å². The number of ether oxygens (including phenoxy) is 1. The number of amides is 2. The summed E-state index contributed by atoms with van der Waals surface area (Å²) in [5.74, 6) is -1.31.